The van der Waals surface area contributed by atoms with Crippen molar-refractivity contribution >= 4 is 36.5 Å². The fourth-order valence-corrected chi connectivity index (χ4v) is 2.57. The minimum atomic E-state index is -0.321. The Balaban J connectivity index is 2.27. The van der Waals surface area contributed by atoms with Crippen molar-refractivity contribution in [3.8, 4) is 5.75 Å². The molecule has 1 aromatic heterocycles. The SMILES string of the molecule is NC(=O)C[Se]c1cc2cc(O)ccc2o1. The summed E-state index contributed by atoms with van der Waals surface area (Å²) in [6.45, 7) is 0. The second kappa shape index (κ2) is 3.96. The third-order valence-electron chi connectivity index (χ3n) is 1.83. The molecule has 0 aliphatic heterocycles. The molecular weight excluding hydrogens is 261 g/mol. The maximum atomic E-state index is 10.6. The van der Waals surface area contributed by atoms with Crippen molar-refractivity contribution in [2.75, 3.05) is 0 Å². The van der Waals surface area contributed by atoms with Crippen LogP contribution in [0.5, 0.6) is 5.75 Å². The molecule has 15 heavy (non-hydrogen) atoms. The molecule has 78 valence electrons. The Labute approximate surface area is 92.2 Å². The van der Waals surface area contributed by atoms with Crippen molar-refractivity contribution in [3.63, 3.8) is 0 Å². The van der Waals surface area contributed by atoms with Crippen LogP contribution in [-0.4, -0.2) is 26.0 Å². The molecule has 0 saturated heterocycles. The Bertz CT molecular complexity index is 506. The molecule has 0 saturated carbocycles. The number of phenols is 1. The normalized spacial score (nSPS) is 10.7. The molecule has 0 fully saturated rings. The fraction of sp³-hybridized carbons (Fsp3) is 0.100. The van der Waals surface area contributed by atoms with Gasteiger partial charge in [0.2, 0.25) is 0 Å². The first-order valence-electron chi connectivity index (χ1n) is 4.29. The molecule has 3 N–H and O–H groups in total. The summed E-state index contributed by atoms with van der Waals surface area (Å²) in [5.74, 6) is -0.115. The number of carbonyl (C=O) groups excluding carboxylic acids is 1. The second-order valence-corrected chi connectivity index (χ2v) is 5.10. The van der Waals surface area contributed by atoms with Crippen molar-refractivity contribution in [3.05, 3.63) is 24.3 Å². The van der Waals surface area contributed by atoms with Crippen LogP contribution in [0.2, 0.25) is 5.32 Å². The second-order valence-electron chi connectivity index (χ2n) is 3.04. The van der Waals surface area contributed by atoms with E-state index in [9.17, 15) is 9.90 Å². The van der Waals surface area contributed by atoms with Crippen LogP contribution in [0.15, 0.2) is 28.7 Å². The van der Waals surface area contributed by atoms with Crippen molar-refractivity contribution in [1.29, 1.82) is 0 Å². The van der Waals surface area contributed by atoms with E-state index in [1.165, 1.54) is 0 Å². The average molecular weight is 270 g/mol. The minimum absolute atomic E-state index is 0.0690. The van der Waals surface area contributed by atoms with Crippen LogP contribution in [0.1, 0.15) is 0 Å². The van der Waals surface area contributed by atoms with E-state index in [2.05, 4.69) is 0 Å². The van der Waals surface area contributed by atoms with Gasteiger partial charge in [-0.1, -0.05) is 0 Å². The summed E-state index contributed by atoms with van der Waals surface area (Å²) in [5.41, 5.74) is 5.77. The molecule has 2 rings (SSSR count). The Morgan fingerprint density at radius 2 is 2.27 bits per heavy atom. The van der Waals surface area contributed by atoms with Gasteiger partial charge in [-0.25, -0.2) is 0 Å². The molecule has 4 nitrogen and oxygen atoms in total. The standard InChI is InChI=1S/C10H9NO3Se/c11-9(13)5-15-10-4-6-3-7(12)1-2-8(6)14-10/h1-4,12H,5H2,(H2,11,13). The van der Waals surface area contributed by atoms with Crippen molar-refractivity contribution < 1.29 is 14.3 Å². The van der Waals surface area contributed by atoms with Crippen LogP contribution in [0.25, 0.3) is 11.0 Å². The van der Waals surface area contributed by atoms with Gasteiger partial charge in [-0.3, -0.25) is 0 Å². The number of amides is 1. The van der Waals surface area contributed by atoms with Crippen LogP contribution < -0.4 is 10.4 Å². The molecule has 0 atom stereocenters. The fourth-order valence-electron chi connectivity index (χ4n) is 1.22. The average Bonchev–Trinajstić information content (AvgIpc) is 2.56. The van der Waals surface area contributed by atoms with Gasteiger partial charge < -0.3 is 0 Å². The number of benzene rings is 1. The molecular formula is C10H9NO3Se. The van der Waals surface area contributed by atoms with Gasteiger partial charge in [0.1, 0.15) is 0 Å². The number of carbonyl (C=O) groups is 1. The van der Waals surface area contributed by atoms with Crippen LogP contribution in [0, 0.1) is 0 Å². The van der Waals surface area contributed by atoms with Gasteiger partial charge in [0.15, 0.2) is 0 Å². The Kier molecular flexibility index (Phi) is 2.66. The topological polar surface area (TPSA) is 76.5 Å². The summed E-state index contributed by atoms with van der Waals surface area (Å²) >= 11 is -0.0690. The first-order chi connectivity index (χ1) is 7.15. The van der Waals surface area contributed by atoms with Gasteiger partial charge in [0, 0.05) is 0 Å². The van der Waals surface area contributed by atoms with E-state index in [0.29, 0.717) is 10.9 Å². The Hall–Kier alpha value is -1.45. The quantitative estimate of drug-likeness (QED) is 0.791. The molecule has 1 heterocycles. The number of fused-ring (bicyclic) bond motifs is 1. The molecule has 5 heteroatoms. The summed E-state index contributed by atoms with van der Waals surface area (Å²) in [4.78, 5) is 10.6. The molecule has 0 bridgehead atoms. The van der Waals surface area contributed by atoms with Crippen LogP contribution >= 0.6 is 0 Å². The van der Waals surface area contributed by atoms with E-state index >= 15 is 0 Å². The molecule has 1 amide bonds. The molecule has 0 aliphatic carbocycles. The molecule has 1 aromatic carbocycles. The van der Waals surface area contributed by atoms with Gasteiger partial charge >= 0.3 is 91.9 Å². The van der Waals surface area contributed by atoms with Crippen molar-refractivity contribution in [1.82, 2.24) is 0 Å². The summed E-state index contributed by atoms with van der Waals surface area (Å²) in [6, 6.07) is 6.73. The van der Waals surface area contributed by atoms with E-state index in [0.717, 1.165) is 10.0 Å². The van der Waals surface area contributed by atoms with Crippen molar-refractivity contribution in [2.45, 2.75) is 5.32 Å². The number of hydrogen-bond donors (Lipinski definition) is 2. The number of phenolic OH excluding ortho intramolecular Hbond substituents is 1. The number of aromatic hydroxyl groups is 1. The van der Waals surface area contributed by atoms with E-state index in [1.54, 1.807) is 18.2 Å². The zero-order valence-electron chi connectivity index (χ0n) is 7.77. The summed E-state index contributed by atoms with van der Waals surface area (Å²) in [6.07, 6.45) is 0. The Morgan fingerprint density at radius 3 is 3.00 bits per heavy atom. The van der Waals surface area contributed by atoms with E-state index in [1.807, 2.05) is 6.07 Å². The third kappa shape index (κ3) is 2.32. The summed E-state index contributed by atoms with van der Waals surface area (Å²) < 4.78 is 6.25. The number of furan rings is 1. The maximum absolute atomic E-state index is 10.6. The first-order valence-corrected chi connectivity index (χ1v) is 6.35. The van der Waals surface area contributed by atoms with Gasteiger partial charge in [-0.15, -0.1) is 0 Å². The number of primary amides is 1. The van der Waals surface area contributed by atoms with Crippen LogP contribution in [-0.2, 0) is 4.79 Å². The first kappa shape index (κ1) is 10.1. The van der Waals surface area contributed by atoms with E-state index < -0.39 is 0 Å². The van der Waals surface area contributed by atoms with E-state index in [4.69, 9.17) is 10.2 Å². The third-order valence-corrected chi connectivity index (χ3v) is 3.75. The van der Waals surface area contributed by atoms with Crippen molar-refractivity contribution in [2.24, 2.45) is 5.73 Å². The number of hydrogen-bond acceptors (Lipinski definition) is 3. The zero-order chi connectivity index (χ0) is 10.8. The van der Waals surface area contributed by atoms with Crippen LogP contribution in [0.4, 0.5) is 0 Å². The van der Waals surface area contributed by atoms with Crippen LogP contribution in [0.3, 0.4) is 0 Å². The van der Waals surface area contributed by atoms with Gasteiger partial charge in [-0.2, -0.15) is 0 Å². The molecule has 2 aromatic rings. The van der Waals surface area contributed by atoms with Gasteiger partial charge in [-0.05, 0) is 0 Å². The molecule has 0 aliphatic rings. The summed E-state index contributed by atoms with van der Waals surface area (Å²) in [5, 5.41) is 10.4. The van der Waals surface area contributed by atoms with E-state index in [-0.39, 0.29) is 26.6 Å². The zero-order valence-corrected chi connectivity index (χ0v) is 9.48. The number of rotatable bonds is 3. The summed E-state index contributed by atoms with van der Waals surface area (Å²) in [7, 11) is 0. The number of nitrogens with two attached hydrogens (primary N) is 1. The van der Waals surface area contributed by atoms with Gasteiger partial charge in [0.05, 0.1) is 0 Å². The molecule has 0 radical (unpaired) electrons. The molecule has 0 unspecified atom stereocenters. The monoisotopic (exact) mass is 271 g/mol. The molecule has 0 spiro atoms. The Morgan fingerprint density at radius 1 is 1.47 bits per heavy atom. The predicted molar refractivity (Wildman–Crippen MR) is 57.3 cm³/mol. The van der Waals surface area contributed by atoms with Gasteiger partial charge in [0.25, 0.3) is 0 Å². The predicted octanol–water partition coefficient (Wildman–Crippen LogP) is 0.372.